The number of carbonyl (C=O) groups excluding carboxylic acids is 1. The van der Waals surface area contributed by atoms with E-state index in [0.717, 1.165) is 60.3 Å². The molecule has 1 N–H and O–H groups in total. The van der Waals surface area contributed by atoms with E-state index < -0.39 is 15.9 Å². The van der Waals surface area contributed by atoms with Crippen LogP contribution in [0.5, 0.6) is 5.75 Å². The van der Waals surface area contributed by atoms with E-state index in [2.05, 4.69) is 30.5 Å². The Balaban J connectivity index is 1.26. The Labute approximate surface area is 231 Å². The summed E-state index contributed by atoms with van der Waals surface area (Å²) in [5.74, 6) is 0.175. The molecule has 196 valence electrons. The third-order valence-corrected chi connectivity index (χ3v) is 8.70. The van der Waals surface area contributed by atoms with Crippen LogP contribution in [0.3, 0.4) is 0 Å². The van der Waals surface area contributed by atoms with E-state index in [0.29, 0.717) is 11.1 Å². The lowest BCUT2D eigenvalue weighted by molar-refractivity contribution is 0.0981. The Morgan fingerprint density at radius 1 is 1.00 bits per heavy atom. The first-order chi connectivity index (χ1) is 17.6. The zero-order valence-corrected chi connectivity index (χ0v) is 23.9. The molecule has 0 bridgehead atoms. The van der Waals surface area contributed by atoms with Gasteiger partial charge >= 0.3 is 0 Å². The summed E-state index contributed by atoms with van der Waals surface area (Å²) in [6.45, 7) is 8.89. The maximum atomic E-state index is 12.6. The van der Waals surface area contributed by atoms with Crippen LogP contribution < -0.4 is 14.4 Å². The highest BCUT2D eigenvalue weighted by molar-refractivity contribution is 9.10. The van der Waals surface area contributed by atoms with Crippen LogP contribution in [0.4, 0.5) is 5.69 Å². The Morgan fingerprint density at radius 3 is 2.27 bits per heavy atom. The first-order valence-electron chi connectivity index (χ1n) is 11.9. The molecule has 1 fully saturated rings. The standard InChI is InChI=1S/C27H29BrClN3O4S/c1-19-16-24(17-20(2)26(19)29)36-15-14-31-10-12-32(13-11-31)23-8-6-21(7-9-23)27(33)30-37(34,35)25-5-3-4-22(28)18-25/h3-9,16-18H,10-15H2,1-2H3,(H,30,33). The third-order valence-electron chi connectivity index (χ3n) is 6.29. The van der Waals surface area contributed by atoms with E-state index in [4.69, 9.17) is 16.3 Å². The second kappa shape index (κ2) is 11.9. The Morgan fingerprint density at radius 2 is 1.65 bits per heavy atom. The van der Waals surface area contributed by atoms with Gasteiger partial charge in [0, 0.05) is 53.5 Å². The Hall–Kier alpha value is -2.59. The molecule has 3 aromatic carbocycles. The molecule has 1 saturated heterocycles. The molecular weight excluding hydrogens is 578 g/mol. The number of halogens is 2. The molecule has 0 aliphatic carbocycles. The van der Waals surface area contributed by atoms with Crippen molar-refractivity contribution < 1.29 is 17.9 Å². The number of anilines is 1. The van der Waals surface area contributed by atoms with E-state index in [-0.39, 0.29) is 10.5 Å². The van der Waals surface area contributed by atoms with Crippen LogP contribution in [0.25, 0.3) is 0 Å². The predicted molar refractivity (Wildman–Crippen MR) is 150 cm³/mol. The predicted octanol–water partition coefficient (Wildman–Crippen LogP) is 5.04. The Kier molecular flexibility index (Phi) is 8.79. The number of sulfonamides is 1. The molecule has 7 nitrogen and oxygen atoms in total. The van der Waals surface area contributed by atoms with E-state index in [9.17, 15) is 13.2 Å². The lowest BCUT2D eigenvalue weighted by atomic mass is 10.1. The van der Waals surface area contributed by atoms with Gasteiger partial charge in [0.25, 0.3) is 15.9 Å². The number of hydrogen-bond donors (Lipinski definition) is 1. The fourth-order valence-corrected chi connectivity index (χ4v) is 5.89. The summed E-state index contributed by atoms with van der Waals surface area (Å²) in [6.07, 6.45) is 0. The number of amides is 1. The first-order valence-corrected chi connectivity index (χ1v) is 14.6. The van der Waals surface area contributed by atoms with Gasteiger partial charge in [-0.15, -0.1) is 0 Å². The van der Waals surface area contributed by atoms with E-state index >= 15 is 0 Å². The van der Waals surface area contributed by atoms with Crippen LogP contribution in [0, 0.1) is 13.8 Å². The Bertz CT molecular complexity index is 1350. The summed E-state index contributed by atoms with van der Waals surface area (Å²) < 4.78 is 33.8. The maximum absolute atomic E-state index is 12.6. The summed E-state index contributed by atoms with van der Waals surface area (Å²) >= 11 is 9.48. The molecule has 0 atom stereocenters. The molecule has 3 aromatic rings. The fourth-order valence-electron chi connectivity index (χ4n) is 4.21. The summed E-state index contributed by atoms with van der Waals surface area (Å²) in [6, 6.07) is 17.1. The molecule has 0 saturated carbocycles. The lowest BCUT2D eigenvalue weighted by Gasteiger charge is -2.36. The minimum Gasteiger partial charge on any atom is -0.492 e. The van der Waals surface area contributed by atoms with Crippen molar-refractivity contribution >= 4 is 49.1 Å². The van der Waals surface area contributed by atoms with Crippen molar-refractivity contribution in [3.63, 3.8) is 0 Å². The number of nitrogens with zero attached hydrogens (tertiary/aromatic N) is 2. The van der Waals surface area contributed by atoms with Crippen LogP contribution in [-0.2, 0) is 10.0 Å². The summed E-state index contributed by atoms with van der Waals surface area (Å²) in [4.78, 5) is 17.2. The molecular formula is C27H29BrClN3O4S. The highest BCUT2D eigenvalue weighted by Gasteiger charge is 2.20. The SMILES string of the molecule is Cc1cc(OCCN2CCN(c3ccc(C(=O)NS(=O)(=O)c4cccc(Br)c4)cc3)CC2)cc(C)c1Cl. The quantitative estimate of drug-likeness (QED) is 0.387. The monoisotopic (exact) mass is 605 g/mol. The van der Waals surface area contributed by atoms with Gasteiger partial charge in [0.1, 0.15) is 12.4 Å². The maximum Gasteiger partial charge on any atom is 0.264 e. The average Bonchev–Trinajstić information content (AvgIpc) is 2.87. The number of aryl methyl sites for hydroxylation is 2. The number of hydrogen-bond acceptors (Lipinski definition) is 6. The summed E-state index contributed by atoms with van der Waals surface area (Å²) in [7, 11) is -3.96. The van der Waals surface area contributed by atoms with Crippen molar-refractivity contribution in [2.24, 2.45) is 0 Å². The van der Waals surface area contributed by atoms with Crippen molar-refractivity contribution in [2.45, 2.75) is 18.7 Å². The van der Waals surface area contributed by atoms with Crippen molar-refractivity contribution in [1.29, 1.82) is 0 Å². The number of benzene rings is 3. The summed E-state index contributed by atoms with van der Waals surface area (Å²) in [5.41, 5.74) is 3.31. The lowest BCUT2D eigenvalue weighted by Crippen LogP contribution is -2.47. The smallest absolute Gasteiger partial charge is 0.264 e. The zero-order valence-electron chi connectivity index (χ0n) is 20.7. The molecule has 0 spiro atoms. The van der Waals surface area contributed by atoms with Gasteiger partial charge in [0.05, 0.1) is 4.90 Å². The van der Waals surface area contributed by atoms with Gasteiger partial charge in [0.15, 0.2) is 0 Å². The number of piperazine rings is 1. The van der Waals surface area contributed by atoms with Crippen molar-refractivity contribution in [1.82, 2.24) is 9.62 Å². The van der Waals surface area contributed by atoms with Gasteiger partial charge in [-0.25, -0.2) is 13.1 Å². The van der Waals surface area contributed by atoms with Crippen molar-refractivity contribution in [3.05, 3.63) is 86.8 Å². The highest BCUT2D eigenvalue weighted by Crippen LogP contribution is 2.26. The van der Waals surface area contributed by atoms with Gasteiger partial charge < -0.3 is 9.64 Å². The molecule has 0 aromatic heterocycles. The van der Waals surface area contributed by atoms with E-state index in [1.54, 1.807) is 24.3 Å². The van der Waals surface area contributed by atoms with E-state index in [1.807, 2.05) is 38.1 Å². The fraction of sp³-hybridized carbons (Fsp3) is 0.296. The van der Waals surface area contributed by atoms with Crippen LogP contribution in [0.1, 0.15) is 21.5 Å². The van der Waals surface area contributed by atoms with Gasteiger partial charge in [-0.1, -0.05) is 33.6 Å². The number of nitrogens with one attached hydrogen (secondary N) is 1. The second-order valence-corrected chi connectivity index (χ2v) is 12.0. The summed E-state index contributed by atoms with van der Waals surface area (Å²) in [5, 5.41) is 0.780. The molecule has 10 heteroatoms. The molecule has 4 rings (SSSR count). The van der Waals surface area contributed by atoms with Crippen molar-refractivity contribution in [3.8, 4) is 5.75 Å². The van der Waals surface area contributed by atoms with E-state index in [1.165, 1.54) is 12.1 Å². The normalized spacial score (nSPS) is 14.4. The number of ether oxygens (including phenoxy) is 1. The first kappa shape index (κ1) is 27.4. The van der Waals surface area contributed by atoms with Gasteiger partial charge in [-0.05, 0) is 79.6 Å². The van der Waals surface area contributed by atoms with Crippen molar-refractivity contribution in [2.75, 3.05) is 44.2 Å². The molecule has 1 aliphatic rings. The topological polar surface area (TPSA) is 79.0 Å². The molecule has 0 radical (unpaired) electrons. The van der Waals surface area contributed by atoms with Crippen LogP contribution >= 0.6 is 27.5 Å². The van der Waals surface area contributed by atoms with Gasteiger partial charge in [0.2, 0.25) is 0 Å². The second-order valence-electron chi connectivity index (χ2n) is 8.99. The van der Waals surface area contributed by atoms with Gasteiger partial charge in [-0.2, -0.15) is 0 Å². The highest BCUT2D eigenvalue weighted by atomic mass is 79.9. The van der Waals surface area contributed by atoms with Gasteiger partial charge in [-0.3, -0.25) is 9.69 Å². The van der Waals surface area contributed by atoms with Crippen LogP contribution in [-0.4, -0.2) is 58.6 Å². The molecule has 0 unspecified atom stereocenters. The average molecular weight is 607 g/mol. The minimum absolute atomic E-state index is 0.0218. The molecule has 1 amide bonds. The molecule has 37 heavy (non-hydrogen) atoms. The van der Waals surface area contributed by atoms with Crippen LogP contribution in [0.15, 0.2) is 70.0 Å². The largest absolute Gasteiger partial charge is 0.492 e. The number of carbonyl (C=O) groups is 1. The molecule has 1 heterocycles. The number of rotatable bonds is 8. The minimum atomic E-state index is -3.96. The van der Waals surface area contributed by atoms with Crippen LogP contribution in [0.2, 0.25) is 5.02 Å². The molecule has 1 aliphatic heterocycles. The zero-order chi connectivity index (χ0) is 26.6. The third kappa shape index (κ3) is 7.04.